The molecule has 0 amide bonds. The average molecular weight is 541 g/mol. The molecule has 2 aromatic carbocycles. The maximum atomic E-state index is 13.3. The number of anilines is 1. The Bertz CT molecular complexity index is 1510. The maximum absolute atomic E-state index is 13.3. The molecular formula is C25H24N4O8S. The second kappa shape index (κ2) is 10.4. The first-order valence-corrected chi connectivity index (χ1v) is 12.7. The van der Waals surface area contributed by atoms with Crippen LogP contribution in [0.15, 0.2) is 70.0 Å². The van der Waals surface area contributed by atoms with Crippen LogP contribution in [0.1, 0.15) is 11.5 Å². The quantitative estimate of drug-likeness (QED) is 0.506. The fourth-order valence-electron chi connectivity index (χ4n) is 4.32. The predicted octanol–water partition coefficient (Wildman–Crippen LogP) is 1.26. The number of esters is 2. The molecule has 0 bridgehead atoms. The third-order valence-corrected chi connectivity index (χ3v) is 7.48. The fraction of sp³-hybridized carbons (Fsp3) is 0.240. The van der Waals surface area contributed by atoms with Crippen molar-refractivity contribution < 1.29 is 37.0 Å². The Morgan fingerprint density at radius 1 is 1.08 bits per heavy atom. The van der Waals surface area contributed by atoms with E-state index in [1.54, 1.807) is 30.3 Å². The number of carbonyl (C=O) groups is 2. The highest BCUT2D eigenvalue weighted by molar-refractivity contribution is 7.89. The average Bonchev–Trinajstić information content (AvgIpc) is 2.95. The van der Waals surface area contributed by atoms with E-state index in [9.17, 15) is 23.3 Å². The highest BCUT2D eigenvalue weighted by Crippen LogP contribution is 2.47. The molecule has 2 aromatic rings. The highest BCUT2D eigenvalue weighted by Gasteiger charge is 2.44. The highest BCUT2D eigenvalue weighted by atomic mass is 32.2. The molecule has 0 saturated carbocycles. The SMILES string of the molecule is CNS(=O)(=O)c1cc2c(cc1N1C(N)=C(C#N)C(c3ccccc3)C(C(=O)OC)=C1C(=O)OC)OCCO2. The lowest BCUT2D eigenvalue weighted by molar-refractivity contribution is -0.139. The molecule has 198 valence electrons. The summed E-state index contributed by atoms with van der Waals surface area (Å²) < 4.78 is 49.7. The van der Waals surface area contributed by atoms with E-state index in [4.69, 9.17) is 24.7 Å². The lowest BCUT2D eigenvalue weighted by Crippen LogP contribution is -2.41. The summed E-state index contributed by atoms with van der Waals surface area (Å²) in [7, 11) is -0.792. The van der Waals surface area contributed by atoms with Gasteiger partial charge in [-0.3, -0.25) is 4.90 Å². The lowest BCUT2D eigenvalue weighted by atomic mass is 9.81. The number of benzene rings is 2. The van der Waals surface area contributed by atoms with Gasteiger partial charge in [0.1, 0.15) is 29.6 Å². The molecule has 2 aliphatic rings. The van der Waals surface area contributed by atoms with Crippen molar-refractivity contribution in [2.75, 3.05) is 39.4 Å². The van der Waals surface area contributed by atoms with Crippen LogP contribution < -0.4 is 24.8 Å². The van der Waals surface area contributed by atoms with Crippen LogP contribution in [0.25, 0.3) is 0 Å². The summed E-state index contributed by atoms with van der Waals surface area (Å²) in [5.74, 6) is -3.05. The zero-order valence-corrected chi connectivity index (χ0v) is 21.5. The summed E-state index contributed by atoms with van der Waals surface area (Å²) in [5.41, 5.74) is 6.00. The van der Waals surface area contributed by atoms with Gasteiger partial charge in [-0.1, -0.05) is 30.3 Å². The molecule has 0 radical (unpaired) electrons. The minimum atomic E-state index is -4.20. The Labute approximate surface area is 218 Å². The van der Waals surface area contributed by atoms with Crippen LogP contribution in [-0.2, 0) is 29.1 Å². The Morgan fingerprint density at radius 2 is 1.68 bits per heavy atom. The Kier molecular flexibility index (Phi) is 7.29. The van der Waals surface area contributed by atoms with Gasteiger partial charge in [-0.2, -0.15) is 5.26 Å². The van der Waals surface area contributed by atoms with Gasteiger partial charge in [0.15, 0.2) is 11.5 Å². The number of carbonyl (C=O) groups excluding carboxylic acids is 2. The molecule has 13 heteroatoms. The van der Waals surface area contributed by atoms with E-state index in [2.05, 4.69) is 4.72 Å². The van der Waals surface area contributed by atoms with Gasteiger partial charge in [0.05, 0.1) is 43.0 Å². The van der Waals surface area contributed by atoms with Crippen molar-refractivity contribution in [2.24, 2.45) is 5.73 Å². The molecule has 0 spiro atoms. The summed E-state index contributed by atoms with van der Waals surface area (Å²) in [6.07, 6.45) is 0. The monoisotopic (exact) mass is 540 g/mol. The minimum absolute atomic E-state index is 0.119. The van der Waals surface area contributed by atoms with Crippen molar-refractivity contribution in [3.05, 3.63) is 70.7 Å². The standard InChI is InChI=1S/C25H24N4O8S/c1-28-38(32,33)19-12-18-17(36-9-10-37-18)11-16(19)29-22(25(31)35-3)21(24(30)34-2)20(15(13-26)23(29)27)14-7-5-4-6-8-14/h4-8,11-12,20,28H,9-10,27H2,1-3H3. The van der Waals surface area contributed by atoms with E-state index in [-0.39, 0.29) is 52.3 Å². The zero-order chi connectivity index (χ0) is 27.6. The number of nitrogens with one attached hydrogen (secondary N) is 1. The summed E-state index contributed by atoms with van der Waals surface area (Å²) in [5, 5.41) is 10.2. The minimum Gasteiger partial charge on any atom is -0.486 e. The maximum Gasteiger partial charge on any atom is 0.355 e. The lowest BCUT2D eigenvalue weighted by Gasteiger charge is -2.37. The smallest absolute Gasteiger partial charge is 0.355 e. The molecule has 0 fully saturated rings. The Morgan fingerprint density at radius 3 is 2.24 bits per heavy atom. The largest absolute Gasteiger partial charge is 0.486 e. The number of nitrogens with zero attached hydrogens (tertiary/aromatic N) is 2. The number of nitriles is 1. The molecule has 38 heavy (non-hydrogen) atoms. The van der Waals surface area contributed by atoms with Gasteiger partial charge in [0, 0.05) is 12.1 Å². The van der Waals surface area contributed by atoms with Crippen molar-refractivity contribution in [3.8, 4) is 17.6 Å². The summed E-state index contributed by atoms with van der Waals surface area (Å²) in [6, 6.07) is 13.0. The molecule has 12 nitrogen and oxygen atoms in total. The summed E-state index contributed by atoms with van der Waals surface area (Å²) in [6.45, 7) is 0.372. The van der Waals surface area contributed by atoms with Gasteiger partial charge in [0.2, 0.25) is 10.0 Å². The van der Waals surface area contributed by atoms with Crippen molar-refractivity contribution in [2.45, 2.75) is 10.8 Å². The van der Waals surface area contributed by atoms with Gasteiger partial charge in [-0.25, -0.2) is 22.7 Å². The molecule has 0 aliphatic carbocycles. The normalized spacial score (nSPS) is 17.1. The zero-order valence-electron chi connectivity index (χ0n) is 20.7. The van der Waals surface area contributed by atoms with Crippen molar-refractivity contribution in [1.29, 1.82) is 5.26 Å². The van der Waals surface area contributed by atoms with Crippen molar-refractivity contribution in [3.63, 3.8) is 0 Å². The van der Waals surface area contributed by atoms with Gasteiger partial charge in [-0.05, 0) is 12.6 Å². The van der Waals surface area contributed by atoms with Crippen LogP contribution in [0.4, 0.5) is 5.69 Å². The topological polar surface area (TPSA) is 170 Å². The second-order valence-electron chi connectivity index (χ2n) is 8.01. The van der Waals surface area contributed by atoms with E-state index in [0.717, 1.165) is 19.1 Å². The van der Waals surface area contributed by atoms with Crippen LogP contribution in [0.5, 0.6) is 11.5 Å². The number of hydrogen-bond donors (Lipinski definition) is 2. The van der Waals surface area contributed by atoms with E-state index in [0.29, 0.717) is 5.56 Å². The number of ether oxygens (including phenoxy) is 4. The molecule has 0 aromatic heterocycles. The first-order valence-electron chi connectivity index (χ1n) is 11.2. The Balaban J connectivity index is 2.15. The molecule has 3 N–H and O–H groups in total. The van der Waals surface area contributed by atoms with E-state index >= 15 is 0 Å². The number of nitrogens with two attached hydrogens (primary N) is 1. The Hall–Kier alpha value is -4.54. The molecular weight excluding hydrogens is 516 g/mol. The van der Waals surface area contributed by atoms with E-state index in [1.165, 1.54) is 19.2 Å². The molecule has 1 unspecified atom stereocenters. The van der Waals surface area contributed by atoms with Gasteiger partial charge in [0.25, 0.3) is 0 Å². The van der Waals surface area contributed by atoms with Gasteiger partial charge in [-0.15, -0.1) is 0 Å². The predicted molar refractivity (Wildman–Crippen MR) is 133 cm³/mol. The van der Waals surface area contributed by atoms with Crippen LogP contribution in [-0.4, -0.2) is 54.8 Å². The number of fused-ring (bicyclic) bond motifs is 1. The van der Waals surface area contributed by atoms with Gasteiger partial charge < -0.3 is 24.7 Å². The number of hydrogen-bond acceptors (Lipinski definition) is 11. The number of rotatable bonds is 6. The van der Waals surface area contributed by atoms with Crippen LogP contribution >= 0.6 is 0 Å². The number of methoxy groups -OCH3 is 2. The molecule has 2 aliphatic heterocycles. The van der Waals surface area contributed by atoms with Crippen molar-refractivity contribution >= 4 is 27.6 Å². The molecule has 0 saturated heterocycles. The fourth-order valence-corrected chi connectivity index (χ4v) is 5.23. The molecule has 2 heterocycles. The van der Waals surface area contributed by atoms with Crippen LogP contribution in [0, 0.1) is 11.3 Å². The molecule has 1 atom stereocenters. The number of allylic oxidation sites excluding steroid dienone is 1. The molecule has 4 rings (SSSR count). The van der Waals surface area contributed by atoms with Crippen LogP contribution in [0.3, 0.4) is 0 Å². The van der Waals surface area contributed by atoms with Gasteiger partial charge >= 0.3 is 11.9 Å². The number of sulfonamides is 1. The van der Waals surface area contributed by atoms with E-state index < -0.39 is 33.6 Å². The third-order valence-electron chi connectivity index (χ3n) is 6.03. The first kappa shape index (κ1) is 26.5. The first-order chi connectivity index (χ1) is 18.2. The second-order valence-corrected chi connectivity index (χ2v) is 9.86. The summed E-state index contributed by atoms with van der Waals surface area (Å²) in [4.78, 5) is 27.2. The van der Waals surface area contributed by atoms with Crippen molar-refractivity contribution in [1.82, 2.24) is 4.72 Å². The van der Waals surface area contributed by atoms with E-state index in [1.807, 2.05) is 6.07 Å². The van der Waals surface area contributed by atoms with Crippen LogP contribution in [0.2, 0.25) is 0 Å². The third kappa shape index (κ3) is 4.40. The summed E-state index contributed by atoms with van der Waals surface area (Å²) >= 11 is 0.